The van der Waals surface area contributed by atoms with Crippen LogP contribution in [0.1, 0.15) is 5.89 Å². The van der Waals surface area contributed by atoms with E-state index in [2.05, 4.69) is 15.0 Å². The molecule has 1 aromatic heterocycles. The van der Waals surface area contributed by atoms with Crippen LogP contribution in [0.15, 0.2) is 53.1 Å². The smallest absolute Gasteiger partial charge is 0.236 e. The number of nitrogens with zero attached hydrogens (tertiary/aromatic N) is 4. The Labute approximate surface area is 175 Å². The first-order chi connectivity index (χ1) is 14.7. The number of anilines is 1. The number of methoxy groups -OCH3 is 2. The molecular formula is C22H24N4O4. The van der Waals surface area contributed by atoms with E-state index in [1.165, 1.54) is 0 Å². The molecule has 0 saturated carbocycles. The lowest BCUT2D eigenvalue weighted by atomic mass is 10.2. The average molecular weight is 408 g/mol. The Kier molecular flexibility index (Phi) is 5.83. The molecule has 0 bridgehead atoms. The summed E-state index contributed by atoms with van der Waals surface area (Å²) in [5, 5.41) is 3.99. The lowest BCUT2D eigenvalue weighted by Gasteiger charge is -2.36. The summed E-state index contributed by atoms with van der Waals surface area (Å²) in [6, 6.07) is 15.3. The molecule has 1 aliphatic heterocycles. The standard InChI is InChI=1S/C22H24N4O4/c1-28-17-9-7-16(8-10-17)22-23-20(30-24-22)15-21(27)26-13-11-25(12-14-26)18-5-3-4-6-19(18)29-2/h3-10H,11-15H2,1-2H3. The van der Waals surface area contributed by atoms with E-state index in [1.807, 2.05) is 53.4 Å². The van der Waals surface area contributed by atoms with Gasteiger partial charge in [-0.25, -0.2) is 0 Å². The minimum atomic E-state index is -0.0143. The highest BCUT2D eigenvalue weighted by Gasteiger charge is 2.24. The third-order valence-electron chi connectivity index (χ3n) is 5.18. The molecule has 4 rings (SSSR count). The van der Waals surface area contributed by atoms with Crippen molar-refractivity contribution in [2.75, 3.05) is 45.3 Å². The predicted molar refractivity (Wildman–Crippen MR) is 112 cm³/mol. The third-order valence-corrected chi connectivity index (χ3v) is 5.18. The maximum absolute atomic E-state index is 12.7. The van der Waals surface area contributed by atoms with Gasteiger partial charge in [0.2, 0.25) is 17.6 Å². The van der Waals surface area contributed by atoms with Crippen LogP contribution in [0.4, 0.5) is 5.69 Å². The molecule has 0 N–H and O–H groups in total. The van der Waals surface area contributed by atoms with E-state index in [1.54, 1.807) is 14.2 Å². The number of ether oxygens (including phenoxy) is 2. The summed E-state index contributed by atoms with van der Waals surface area (Å²) in [4.78, 5) is 21.1. The second-order valence-electron chi connectivity index (χ2n) is 6.96. The van der Waals surface area contributed by atoms with Gasteiger partial charge in [0, 0.05) is 31.7 Å². The Bertz CT molecular complexity index is 994. The molecule has 0 unspecified atom stereocenters. The average Bonchev–Trinajstić information content (AvgIpc) is 3.27. The number of hydrogen-bond acceptors (Lipinski definition) is 7. The van der Waals surface area contributed by atoms with Crippen molar-refractivity contribution in [3.63, 3.8) is 0 Å². The molecule has 0 atom stereocenters. The zero-order chi connectivity index (χ0) is 20.9. The Morgan fingerprint density at radius 3 is 2.43 bits per heavy atom. The van der Waals surface area contributed by atoms with Gasteiger partial charge in [0.05, 0.1) is 19.9 Å². The minimum absolute atomic E-state index is 0.0143. The van der Waals surface area contributed by atoms with Crippen LogP contribution in [0.3, 0.4) is 0 Å². The van der Waals surface area contributed by atoms with Gasteiger partial charge in [-0.05, 0) is 36.4 Å². The summed E-state index contributed by atoms with van der Waals surface area (Å²) in [5.41, 5.74) is 1.86. The lowest BCUT2D eigenvalue weighted by molar-refractivity contribution is -0.131. The van der Waals surface area contributed by atoms with Gasteiger partial charge >= 0.3 is 0 Å². The maximum Gasteiger partial charge on any atom is 0.236 e. The van der Waals surface area contributed by atoms with Gasteiger partial charge in [0.1, 0.15) is 17.9 Å². The molecule has 1 amide bonds. The first-order valence-electron chi connectivity index (χ1n) is 9.80. The molecule has 1 saturated heterocycles. The fourth-order valence-corrected chi connectivity index (χ4v) is 3.51. The van der Waals surface area contributed by atoms with Crippen LogP contribution in [-0.2, 0) is 11.2 Å². The highest BCUT2D eigenvalue weighted by Crippen LogP contribution is 2.28. The van der Waals surface area contributed by atoms with Crippen molar-refractivity contribution in [2.24, 2.45) is 0 Å². The van der Waals surface area contributed by atoms with Crippen LogP contribution < -0.4 is 14.4 Å². The van der Waals surface area contributed by atoms with Crippen LogP contribution in [0.5, 0.6) is 11.5 Å². The minimum Gasteiger partial charge on any atom is -0.497 e. The normalized spacial score (nSPS) is 13.9. The fourth-order valence-electron chi connectivity index (χ4n) is 3.51. The van der Waals surface area contributed by atoms with Crippen molar-refractivity contribution in [1.29, 1.82) is 0 Å². The number of carbonyl (C=O) groups is 1. The van der Waals surface area contributed by atoms with Crippen molar-refractivity contribution >= 4 is 11.6 Å². The molecule has 30 heavy (non-hydrogen) atoms. The summed E-state index contributed by atoms with van der Waals surface area (Å²) in [5.74, 6) is 2.36. The van der Waals surface area contributed by atoms with Crippen LogP contribution in [0.2, 0.25) is 0 Å². The number of amides is 1. The van der Waals surface area contributed by atoms with E-state index < -0.39 is 0 Å². The van der Waals surface area contributed by atoms with Crippen LogP contribution in [0.25, 0.3) is 11.4 Å². The molecule has 2 heterocycles. The molecule has 0 spiro atoms. The first-order valence-corrected chi connectivity index (χ1v) is 9.80. The fraction of sp³-hybridized carbons (Fsp3) is 0.318. The molecule has 1 aliphatic rings. The SMILES string of the molecule is COc1ccc(-c2noc(CC(=O)N3CCN(c4ccccc4OC)CC3)n2)cc1. The molecule has 3 aromatic rings. The van der Waals surface area contributed by atoms with Gasteiger partial charge in [-0.1, -0.05) is 17.3 Å². The molecule has 1 fully saturated rings. The largest absolute Gasteiger partial charge is 0.497 e. The van der Waals surface area contributed by atoms with Crippen LogP contribution in [0, 0.1) is 0 Å². The van der Waals surface area contributed by atoms with Crippen molar-refractivity contribution < 1.29 is 18.8 Å². The number of piperazine rings is 1. The molecule has 0 aliphatic carbocycles. The molecule has 0 radical (unpaired) electrons. The number of carbonyl (C=O) groups excluding carboxylic acids is 1. The lowest BCUT2D eigenvalue weighted by Crippen LogP contribution is -2.49. The van der Waals surface area contributed by atoms with Gasteiger partial charge in [-0.15, -0.1) is 0 Å². The first kappa shape index (κ1) is 19.8. The van der Waals surface area contributed by atoms with E-state index in [0.717, 1.165) is 35.8 Å². The Hall–Kier alpha value is -3.55. The van der Waals surface area contributed by atoms with E-state index in [0.29, 0.717) is 24.8 Å². The highest BCUT2D eigenvalue weighted by molar-refractivity contribution is 5.78. The van der Waals surface area contributed by atoms with E-state index in [9.17, 15) is 4.79 Å². The second kappa shape index (κ2) is 8.86. The number of para-hydroxylation sites is 2. The summed E-state index contributed by atoms with van der Waals surface area (Å²) < 4.78 is 15.9. The Morgan fingerprint density at radius 1 is 1.00 bits per heavy atom. The van der Waals surface area contributed by atoms with Crippen molar-refractivity contribution in [2.45, 2.75) is 6.42 Å². The number of benzene rings is 2. The quantitative estimate of drug-likeness (QED) is 0.620. The molecule has 8 nitrogen and oxygen atoms in total. The van der Waals surface area contributed by atoms with Crippen molar-refractivity contribution in [3.8, 4) is 22.9 Å². The van der Waals surface area contributed by atoms with E-state index in [-0.39, 0.29) is 12.3 Å². The molecule has 2 aromatic carbocycles. The van der Waals surface area contributed by atoms with Crippen LogP contribution >= 0.6 is 0 Å². The Morgan fingerprint density at radius 2 is 1.73 bits per heavy atom. The number of aromatic nitrogens is 2. The second-order valence-corrected chi connectivity index (χ2v) is 6.96. The van der Waals surface area contributed by atoms with Gasteiger partial charge in [0.15, 0.2) is 0 Å². The van der Waals surface area contributed by atoms with E-state index in [4.69, 9.17) is 14.0 Å². The van der Waals surface area contributed by atoms with Gasteiger partial charge < -0.3 is 23.8 Å². The highest BCUT2D eigenvalue weighted by atomic mass is 16.5. The monoisotopic (exact) mass is 408 g/mol. The summed E-state index contributed by atoms with van der Waals surface area (Å²) in [6.45, 7) is 2.76. The molecular weight excluding hydrogens is 384 g/mol. The molecule has 156 valence electrons. The topological polar surface area (TPSA) is 80.9 Å². The van der Waals surface area contributed by atoms with Gasteiger partial charge in [-0.2, -0.15) is 4.98 Å². The zero-order valence-electron chi connectivity index (χ0n) is 17.1. The zero-order valence-corrected chi connectivity index (χ0v) is 17.1. The maximum atomic E-state index is 12.7. The molecule has 8 heteroatoms. The van der Waals surface area contributed by atoms with Gasteiger partial charge in [0.25, 0.3) is 0 Å². The van der Waals surface area contributed by atoms with Gasteiger partial charge in [-0.3, -0.25) is 4.79 Å². The van der Waals surface area contributed by atoms with Crippen LogP contribution in [-0.4, -0.2) is 61.3 Å². The summed E-state index contributed by atoms with van der Waals surface area (Å²) >= 11 is 0. The van der Waals surface area contributed by atoms with Crippen molar-refractivity contribution in [1.82, 2.24) is 15.0 Å². The third kappa shape index (κ3) is 4.22. The Balaban J connectivity index is 1.34. The summed E-state index contributed by atoms with van der Waals surface area (Å²) in [7, 11) is 3.28. The van der Waals surface area contributed by atoms with E-state index >= 15 is 0 Å². The number of rotatable bonds is 6. The number of hydrogen-bond donors (Lipinski definition) is 0. The van der Waals surface area contributed by atoms with Crippen molar-refractivity contribution in [3.05, 3.63) is 54.4 Å². The predicted octanol–water partition coefficient (Wildman–Crippen LogP) is 2.65. The summed E-state index contributed by atoms with van der Waals surface area (Å²) in [6.07, 6.45) is 0.0951.